The Bertz CT molecular complexity index is 1000. The fourth-order valence-electron chi connectivity index (χ4n) is 2.99. The molecule has 2 aromatic carbocycles. The second kappa shape index (κ2) is 13.2. The summed E-state index contributed by atoms with van der Waals surface area (Å²) in [5.41, 5.74) is 0.991. The van der Waals surface area contributed by atoms with Gasteiger partial charge in [-0.3, -0.25) is 10.1 Å². The lowest BCUT2D eigenvalue weighted by Gasteiger charge is -2.21. The Balaban J connectivity index is 1.95. The van der Waals surface area contributed by atoms with Crippen molar-refractivity contribution in [3.8, 4) is 5.75 Å². The molecule has 2 N–H and O–H groups in total. The highest BCUT2D eigenvalue weighted by atomic mass is 32.2. The molecule has 0 saturated heterocycles. The molecular weight excluding hydrogens is 462 g/mol. The van der Waals surface area contributed by atoms with Gasteiger partial charge in [-0.25, -0.2) is 8.42 Å². The van der Waals surface area contributed by atoms with Gasteiger partial charge in [-0.15, -0.1) is 0 Å². The number of rotatable bonds is 12. The number of anilines is 1. The zero-order chi connectivity index (χ0) is 24.3. The van der Waals surface area contributed by atoms with Gasteiger partial charge in [0.1, 0.15) is 12.4 Å². The molecular formula is C23H31N3O5S2. The third-order valence-corrected chi connectivity index (χ3v) is 6.71. The Hall–Kier alpha value is -2.53. The van der Waals surface area contributed by atoms with Gasteiger partial charge < -0.3 is 14.8 Å². The van der Waals surface area contributed by atoms with E-state index in [0.717, 1.165) is 12.8 Å². The lowest BCUT2D eigenvalue weighted by atomic mass is 10.2. The van der Waals surface area contributed by atoms with Gasteiger partial charge in [0.15, 0.2) is 5.11 Å². The van der Waals surface area contributed by atoms with E-state index in [2.05, 4.69) is 10.6 Å². The number of amides is 1. The first-order chi connectivity index (χ1) is 15.8. The Kier molecular flexibility index (Phi) is 10.7. The van der Waals surface area contributed by atoms with Gasteiger partial charge in [-0.05, 0) is 73.6 Å². The molecule has 10 heteroatoms. The summed E-state index contributed by atoms with van der Waals surface area (Å²) in [6.45, 7) is 5.76. The summed E-state index contributed by atoms with van der Waals surface area (Å²) in [5.74, 6) is 0.265. The zero-order valence-electron chi connectivity index (χ0n) is 19.2. The van der Waals surface area contributed by atoms with Gasteiger partial charge in [-0.1, -0.05) is 13.8 Å². The second-order valence-corrected chi connectivity index (χ2v) is 9.55. The van der Waals surface area contributed by atoms with E-state index >= 15 is 0 Å². The number of thiocarbonyl (C=S) groups is 1. The normalized spacial score (nSPS) is 11.3. The van der Waals surface area contributed by atoms with Crippen molar-refractivity contribution in [2.45, 2.75) is 31.6 Å². The van der Waals surface area contributed by atoms with Crippen molar-refractivity contribution in [3.63, 3.8) is 0 Å². The van der Waals surface area contributed by atoms with Crippen LogP contribution in [0.4, 0.5) is 5.69 Å². The van der Waals surface area contributed by atoms with Gasteiger partial charge in [0.05, 0.1) is 11.5 Å². The summed E-state index contributed by atoms with van der Waals surface area (Å²) < 4.78 is 37.6. The van der Waals surface area contributed by atoms with E-state index in [1.54, 1.807) is 43.5 Å². The van der Waals surface area contributed by atoms with Crippen LogP contribution in [0, 0.1) is 0 Å². The maximum atomic E-state index is 12.9. The van der Waals surface area contributed by atoms with Crippen molar-refractivity contribution in [1.29, 1.82) is 0 Å². The molecule has 2 aromatic rings. The molecule has 2 rings (SSSR count). The van der Waals surface area contributed by atoms with E-state index in [0.29, 0.717) is 43.3 Å². The molecule has 0 saturated carbocycles. The smallest absolute Gasteiger partial charge is 0.257 e. The van der Waals surface area contributed by atoms with E-state index in [9.17, 15) is 13.2 Å². The Labute approximate surface area is 201 Å². The molecule has 0 radical (unpaired) electrons. The van der Waals surface area contributed by atoms with Crippen molar-refractivity contribution in [3.05, 3.63) is 54.1 Å². The summed E-state index contributed by atoms with van der Waals surface area (Å²) in [7, 11) is -1.96. The van der Waals surface area contributed by atoms with Crippen LogP contribution < -0.4 is 15.4 Å². The minimum atomic E-state index is -3.55. The maximum Gasteiger partial charge on any atom is 0.257 e. The lowest BCUT2D eigenvalue weighted by Crippen LogP contribution is -2.34. The average Bonchev–Trinajstić information content (AvgIpc) is 2.80. The van der Waals surface area contributed by atoms with Crippen LogP contribution in [0.5, 0.6) is 5.75 Å². The minimum absolute atomic E-state index is 0.106. The van der Waals surface area contributed by atoms with E-state index in [1.165, 1.54) is 16.4 Å². The highest BCUT2D eigenvalue weighted by Crippen LogP contribution is 2.19. The van der Waals surface area contributed by atoms with E-state index < -0.39 is 10.0 Å². The molecule has 0 heterocycles. The van der Waals surface area contributed by atoms with Crippen LogP contribution in [-0.4, -0.2) is 57.2 Å². The molecule has 0 aliphatic carbocycles. The number of methoxy groups -OCH3 is 1. The predicted octanol–water partition coefficient (Wildman–Crippen LogP) is 3.65. The van der Waals surface area contributed by atoms with Crippen molar-refractivity contribution in [2.75, 3.05) is 38.7 Å². The molecule has 0 fully saturated rings. The fraction of sp³-hybridized carbons (Fsp3) is 0.391. The predicted molar refractivity (Wildman–Crippen MR) is 133 cm³/mol. The van der Waals surface area contributed by atoms with Gasteiger partial charge in [0.2, 0.25) is 10.0 Å². The van der Waals surface area contributed by atoms with Crippen molar-refractivity contribution >= 4 is 38.9 Å². The Morgan fingerprint density at radius 3 is 2.12 bits per heavy atom. The zero-order valence-corrected chi connectivity index (χ0v) is 20.8. The SMILES string of the molecule is CCCN(CCC)S(=O)(=O)c1ccc(NC(=S)NC(=O)c2ccc(OCCOC)cc2)cc1. The minimum Gasteiger partial charge on any atom is -0.491 e. The van der Waals surface area contributed by atoms with Crippen molar-refractivity contribution in [1.82, 2.24) is 9.62 Å². The van der Waals surface area contributed by atoms with Gasteiger partial charge in [0.25, 0.3) is 5.91 Å². The monoisotopic (exact) mass is 493 g/mol. The number of hydrogen-bond donors (Lipinski definition) is 2. The molecule has 0 bridgehead atoms. The summed E-state index contributed by atoms with van der Waals surface area (Å²) >= 11 is 5.22. The first-order valence-electron chi connectivity index (χ1n) is 10.8. The highest BCUT2D eigenvalue weighted by molar-refractivity contribution is 7.89. The molecule has 0 aliphatic heterocycles. The number of hydrogen-bond acceptors (Lipinski definition) is 6. The maximum absolute atomic E-state index is 12.9. The fourth-order valence-corrected chi connectivity index (χ4v) is 4.83. The molecule has 8 nitrogen and oxygen atoms in total. The number of nitrogens with zero attached hydrogens (tertiary/aromatic N) is 1. The van der Waals surface area contributed by atoms with Crippen LogP contribution in [0.15, 0.2) is 53.4 Å². The molecule has 33 heavy (non-hydrogen) atoms. The van der Waals surface area contributed by atoms with Crippen LogP contribution in [0.3, 0.4) is 0 Å². The number of sulfonamides is 1. The van der Waals surface area contributed by atoms with Crippen molar-refractivity contribution < 1.29 is 22.7 Å². The topological polar surface area (TPSA) is 97.0 Å². The first-order valence-corrected chi connectivity index (χ1v) is 12.6. The van der Waals surface area contributed by atoms with Crippen molar-refractivity contribution in [2.24, 2.45) is 0 Å². The van der Waals surface area contributed by atoms with Crippen LogP contribution >= 0.6 is 12.2 Å². The average molecular weight is 494 g/mol. The van der Waals surface area contributed by atoms with Crippen LogP contribution in [0.25, 0.3) is 0 Å². The number of carbonyl (C=O) groups is 1. The van der Waals surface area contributed by atoms with E-state index in [-0.39, 0.29) is 15.9 Å². The third-order valence-electron chi connectivity index (χ3n) is 4.60. The van der Waals surface area contributed by atoms with E-state index in [1.807, 2.05) is 13.8 Å². The first kappa shape index (κ1) is 26.7. The van der Waals surface area contributed by atoms with Crippen LogP contribution in [0.2, 0.25) is 0 Å². The molecule has 0 aromatic heterocycles. The number of ether oxygens (including phenoxy) is 2. The molecule has 0 aliphatic rings. The summed E-state index contributed by atoms with van der Waals surface area (Å²) in [4.78, 5) is 12.6. The Morgan fingerprint density at radius 1 is 0.970 bits per heavy atom. The van der Waals surface area contributed by atoms with Crippen LogP contribution in [0.1, 0.15) is 37.0 Å². The Morgan fingerprint density at radius 2 is 1.58 bits per heavy atom. The molecule has 0 spiro atoms. The quantitative estimate of drug-likeness (QED) is 0.344. The van der Waals surface area contributed by atoms with Gasteiger partial charge >= 0.3 is 0 Å². The summed E-state index contributed by atoms with van der Waals surface area (Å²) in [6.07, 6.45) is 1.49. The third kappa shape index (κ3) is 8.08. The number of benzene rings is 2. The standard InChI is InChI=1S/C23H31N3O5S2/c1-4-14-26(15-5-2)33(28,29)21-12-8-19(9-13-21)24-23(32)25-22(27)18-6-10-20(11-7-18)31-17-16-30-3/h6-13H,4-5,14-17H2,1-3H3,(H2,24,25,27,32). The van der Waals surface area contributed by atoms with Gasteiger partial charge in [-0.2, -0.15) is 4.31 Å². The van der Waals surface area contributed by atoms with E-state index in [4.69, 9.17) is 21.7 Å². The summed E-state index contributed by atoms with van der Waals surface area (Å²) in [5, 5.41) is 5.61. The largest absolute Gasteiger partial charge is 0.491 e. The molecule has 0 unspecified atom stereocenters. The summed E-state index contributed by atoms with van der Waals surface area (Å²) in [6, 6.07) is 13.0. The second-order valence-electron chi connectivity index (χ2n) is 7.20. The van der Waals surface area contributed by atoms with Gasteiger partial charge in [0, 0.05) is 31.5 Å². The lowest BCUT2D eigenvalue weighted by molar-refractivity contribution is 0.0977. The molecule has 1 amide bonds. The van der Waals surface area contributed by atoms with Crippen LogP contribution in [-0.2, 0) is 14.8 Å². The number of nitrogens with one attached hydrogen (secondary N) is 2. The number of carbonyl (C=O) groups excluding carboxylic acids is 1. The molecule has 0 atom stereocenters. The molecule has 180 valence electrons. The highest BCUT2D eigenvalue weighted by Gasteiger charge is 2.22.